The van der Waals surface area contributed by atoms with Crippen LogP contribution >= 0.6 is 0 Å². The minimum Gasteiger partial charge on any atom is -0.357 e. The molecule has 0 atom stereocenters. The largest absolute Gasteiger partial charge is 0.357 e. The minimum atomic E-state index is 0.132. The molecule has 1 aliphatic heterocycles. The van der Waals surface area contributed by atoms with Gasteiger partial charge in [0, 0.05) is 57.8 Å². The van der Waals surface area contributed by atoms with Crippen LogP contribution < -0.4 is 9.80 Å². The van der Waals surface area contributed by atoms with E-state index in [1.54, 1.807) is 6.92 Å². The summed E-state index contributed by atoms with van der Waals surface area (Å²) in [7, 11) is 0. The minimum absolute atomic E-state index is 0.132. The maximum Gasteiger partial charge on any atom is 0.228 e. The Morgan fingerprint density at radius 3 is 2.27 bits per heavy atom. The monoisotopic (exact) mass is 353 g/mol. The van der Waals surface area contributed by atoms with Gasteiger partial charge in [0.1, 0.15) is 5.82 Å². The van der Waals surface area contributed by atoms with E-state index in [9.17, 15) is 4.79 Å². The number of nitrogens with zero attached hydrogens (tertiary/aromatic N) is 5. The predicted molar refractivity (Wildman–Crippen MR) is 105 cm³/mol. The summed E-state index contributed by atoms with van der Waals surface area (Å²) in [5.74, 6) is 1.83. The van der Waals surface area contributed by atoms with E-state index in [2.05, 4.69) is 41.8 Å². The lowest BCUT2D eigenvalue weighted by Crippen LogP contribution is -2.48. The quantitative estimate of drug-likeness (QED) is 0.827. The average Bonchev–Trinajstić information content (AvgIpc) is 2.69. The van der Waals surface area contributed by atoms with Crippen molar-refractivity contribution in [1.82, 2.24) is 14.9 Å². The molecule has 2 aromatic rings. The Morgan fingerprint density at radius 2 is 1.69 bits per heavy atom. The molecule has 0 radical (unpaired) electrons. The van der Waals surface area contributed by atoms with E-state index in [0.29, 0.717) is 0 Å². The van der Waals surface area contributed by atoms with E-state index in [1.165, 1.54) is 0 Å². The van der Waals surface area contributed by atoms with Gasteiger partial charge in [0.15, 0.2) is 0 Å². The second kappa shape index (κ2) is 8.17. The summed E-state index contributed by atoms with van der Waals surface area (Å²) in [6.45, 7) is 10.7. The summed E-state index contributed by atoms with van der Waals surface area (Å²) in [4.78, 5) is 27.5. The lowest BCUT2D eigenvalue weighted by molar-refractivity contribution is -0.129. The first-order valence-corrected chi connectivity index (χ1v) is 9.32. The molecular weight excluding hydrogens is 326 g/mol. The lowest BCUT2D eigenvalue weighted by atomic mass is 10.1. The molecule has 1 aliphatic rings. The molecule has 26 heavy (non-hydrogen) atoms. The van der Waals surface area contributed by atoms with Crippen molar-refractivity contribution < 1.29 is 4.79 Å². The lowest BCUT2D eigenvalue weighted by Gasteiger charge is -2.34. The molecule has 1 fully saturated rings. The highest BCUT2D eigenvalue weighted by molar-refractivity contribution is 5.73. The van der Waals surface area contributed by atoms with Crippen LogP contribution in [0.4, 0.5) is 11.8 Å². The number of piperazine rings is 1. The standard InChI is InChI=1S/C20H27N5O/c1-4-23(5-2)19-15-18(17-9-7-6-8-10-17)21-20(22-19)25-13-11-24(12-14-25)16(3)26/h6-10,15H,4-5,11-14H2,1-3H3. The number of carbonyl (C=O) groups is 1. The second-order valence-electron chi connectivity index (χ2n) is 6.44. The second-order valence-corrected chi connectivity index (χ2v) is 6.44. The smallest absolute Gasteiger partial charge is 0.228 e. The molecular formula is C20H27N5O. The van der Waals surface area contributed by atoms with Crippen LogP contribution in [0, 0.1) is 0 Å². The Labute approximate surface area is 155 Å². The van der Waals surface area contributed by atoms with Gasteiger partial charge in [-0.05, 0) is 13.8 Å². The van der Waals surface area contributed by atoms with E-state index < -0.39 is 0 Å². The number of aromatic nitrogens is 2. The van der Waals surface area contributed by atoms with Gasteiger partial charge in [0.25, 0.3) is 0 Å². The highest BCUT2D eigenvalue weighted by Gasteiger charge is 2.22. The molecule has 2 heterocycles. The van der Waals surface area contributed by atoms with Crippen LogP contribution in [-0.4, -0.2) is 60.0 Å². The molecule has 1 saturated heterocycles. The van der Waals surface area contributed by atoms with Crippen LogP contribution in [-0.2, 0) is 4.79 Å². The van der Waals surface area contributed by atoms with Crippen molar-refractivity contribution in [2.45, 2.75) is 20.8 Å². The molecule has 0 unspecified atom stereocenters. The summed E-state index contributed by atoms with van der Waals surface area (Å²) in [6, 6.07) is 12.3. The van der Waals surface area contributed by atoms with Crippen LogP contribution in [0.5, 0.6) is 0 Å². The number of benzene rings is 1. The topological polar surface area (TPSA) is 52.6 Å². The molecule has 0 N–H and O–H groups in total. The molecule has 1 amide bonds. The van der Waals surface area contributed by atoms with Crippen molar-refractivity contribution in [3.8, 4) is 11.3 Å². The van der Waals surface area contributed by atoms with Gasteiger partial charge in [-0.1, -0.05) is 30.3 Å². The maximum atomic E-state index is 11.6. The van der Waals surface area contributed by atoms with Gasteiger partial charge in [0.2, 0.25) is 11.9 Å². The van der Waals surface area contributed by atoms with Gasteiger partial charge < -0.3 is 14.7 Å². The Morgan fingerprint density at radius 1 is 1.04 bits per heavy atom. The Kier molecular flexibility index (Phi) is 5.71. The zero-order valence-corrected chi connectivity index (χ0v) is 15.9. The van der Waals surface area contributed by atoms with Crippen molar-refractivity contribution in [1.29, 1.82) is 0 Å². The fraction of sp³-hybridized carbons (Fsp3) is 0.450. The van der Waals surface area contributed by atoms with Crippen LogP contribution in [0.2, 0.25) is 0 Å². The van der Waals surface area contributed by atoms with Gasteiger partial charge >= 0.3 is 0 Å². The molecule has 1 aromatic heterocycles. The third-order valence-corrected chi connectivity index (χ3v) is 4.87. The van der Waals surface area contributed by atoms with Gasteiger partial charge in [-0.25, -0.2) is 4.98 Å². The first kappa shape index (κ1) is 18.2. The molecule has 1 aromatic carbocycles. The van der Waals surface area contributed by atoms with Gasteiger partial charge in [-0.2, -0.15) is 4.98 Å². The maximum absolute atomic E-state index is 11.6. The fourth-order valence-electron chi connectivity index (χ4n) is 3.25. The average molecular weight is 353 g/mol. The van der Waals surface area contributed by atoms with Crippen molar-refractivity contribution in [3.05, 3.63) is 36.4 Å². The molecule has 0 bridgehead atoms. The summed E-state index contributed by atoms with van der Waals surface area (Å²) in [5.41, 5.74) is 2.03. The summed E-state index contributed by atoms with van der Waals surface area (Å²) in [5, 5.41) is 0. The van der Waals surface area contributed by atoms with E-state index in [4.69, 9.17) is 9.97 Å². The van der Waals surface area contributed by atoms with Crippen molar-refractivity contribution in [2.24, 2.45) is 0 Å². The van der Waals surface area contributed by atoms with Crippen LogP contribution in [0.25, 0.3) is 11.3 Å². The summed E-state index contributed by atoms with van der Waals surface area (Å²) >= 11 is 0. The highest BCUT2D eigenvalue weighted by Crippen LogP contribution is 2.25. The number of anilines is 2. The SMILES string of the molecule is CCN(CC)c1cc(-c2ccccc2)nc(N2CCN(C(C)=O)CC2)n1. The summed E-state index contributed by atoms with van der Waals surface area (Å²) < 4.78 is 0. The number of carbonyl (C=O) groups excluding carboxylic acids is 1. The predicted octanol–water partition coefficient (Wildman–Crippen LogP) is 2.66. The normalized spacial score (nSPS) is 14.4. The van der Waals surface area contributed by atoms with Crippen LogP contribution in [0.3, 0.4) is 0 Å². The first-order valence-electron chi connectivity index (χ1n) is 9.32. The third kappa shape index (κ3) is 3.95. The van der Waals surface area contributed by atoms with Gasteiger partial charge in [-0.15, -0.1) is 0 Å². The number of rotatable bonds is 5. The van der Waals surface area contributed by atoms with Crippen LogP contribution in [0.1, 0.15) is 20.8 Å². The third-order valence-electron chi connectivity index (χ3n) is 4.87. The van der Waals surface area contributed by atoms with E-state index in [1.807, 2.05) is 23.1 Å². The van der Waals surface area contributed by atoms with E-state index >= 15 is 0 Å². The molecule has 3 rings (SSSR count). The van der Waals surface area contributed by atoms with Gasteiger partial charge in [0.05, 0.1) is 5.69 Å². The Balaban J connectivity index is 1.94. The fourth-order valence-corrected chi connectivity index (χ4v) is 3.25. The van der Waals surface area contributed by atoms with Gasteiger partial charge in [-0.3, -0.25) is 4.79 Å². The molecule has 0 saturated carbocycles. The van der Waals surface area contributed by atoms with Crippen molar-refractivity contribution >= 4 is 17.7 Å². The summed E-state index contributed by atoms with van der Waals surface area (Å²) in [6.07, 6.45) is 0. The number of hydrogen-bond donors (Lipinski definition) is 0. The molecule has 0 spiro atoms. The number of amides is 1. The van der Waals surface area contributed by atoms with E-state index in [-0.39, 0.29) is 5.91 Å². The Bertz CT molecular complexity index is 737. The van der Waals surface area contributed by atoms with E-state index in [0.717, 1.165) is 62.3 Å². The first-order chi connectivity index (χ1) is 12.6. The number of hydrogen-bond acceptors (Lipinski definition) is 5. The molecule has 0 aliphatic carbocycles. The molecule has 6 nitrogen and oxygen atoms in total. The van der Waals surface area contributed by atoms with Crippen LogP contribution in [0.15, 0.2) is 36.4 Å². The highest BCUT2D eigenvalue weighted by atomic mass is 16.2. The zero-order chi connectivity index (χ0) is 18.5. The van der Waals surface area contributed by atoms with Crippen molar-refractivity contribution in [2.75, 3.05) is 49.1 Å². The van der Waals surface area contributed by atoms with Crippen molar-refractivity contribution in [3.63, 3.8) is 0 Å². The molecule has 6 heteroatoms. The zero-order valence-electron chi connectivity index (χ0n) is 15.9. The Hall–Kier alpha value is -2.63. The molecule has 138 valence electrons.